The molecule has 0 atom stereocenters. The van der Waals surface area contributed by atoms with Gasteiger partial charge in [-0.3, -0.25) is 9.52 Å². The molecule has 0 spiro atoms. The Morgan fingerprint density at radius 3 is 2.62 bits per heavy atom. The van der Waals surface area contributed by atoms with Crippen LogP contribution in [0.15, 0.2) is 18.2 Å². The number of methoxy groups -OCH3 is 1. The summed E-state index contributed by atoms with van der Waals surface area (Å²) in [5, 5.41) is 8.60. The van der Waals surface area contributed by atoms with Crippen LogP contribution in [0.25, 0.3) is 0 Å². The van der Waals surface area contributed by atoms with Gasteiger partial charge in [-0.05, 0) is 24.6 Å². The summed E-state index contributed by atoms with van der Waals surface area (Å²) in [5.41, 5.74) is 0.181. The predicted molar refractivity (Wildman–Crippen MR) is 77.1 cm³/mol. The first-order chi connectivity index (χ1) is 9.75. The van der Waals surface area contributed by atoms with Crippen LogP contribution in [0.1, 0.15) is 23.2 Å². The van der Waals surface area contributed by atoms with E-state index in [1.807, 2.05) is 0 Å². The molecular weight excluding hydrogens is 322 g/mol. The second kappa shape index (κ2) is 7.28. The Bertz CT molecular complexity index is 643. The van der Waals surface area contributed by atoms with E-state index >= 15 is 0 Å². The van der Waals surface area contributed by atoms with Crippen molar-refractivity contribution in [3.8, 4) is 0 Å². The number of nitrogens with one attached hydrogen (secondary N) is 1. The third-order valence-corrected chi connectivity index (χ3v) is 4.14. The number of aliphatic carboxylic acids is 1. The highest BCUT2D eigenvalue weighted by Crippen LogP contribution is 2.24. The van der Waals surface area contributed by atoms with Gasteiger partial charge in [0, 0.05) is 6.42 Å². The van der Waals surface area contributed by atoms with Crippen LogP contribution >= 0.6 is 11.6 Å². The molecule has 7 nitrogen and oxygen atoms in total. The lowest BCUT2D eigenvalue weighted by Crippen LogP contribution is -2.18. The van der Waals surface area contributed by atoms with Gasteiger partial charge in [-0.2, -0.15) is 0 Å². The number of halogens is 1. The highest BCUT2D eigenvalue weighted by Gasteiger charge is 2.15. The van der Waals surface area contributed by atoms with Gasteiger partial charge in [-0.15, -0.1) is 0 Å². The van der Waals surface area contributed by atoms with Crippen molar-refractivity contribution in [1.29, 1.82) is 0 Å². The van der Waals surface area contributed by atoms with E-state index in [2.05, 4.69) is 9.46 Å². The zero-order valence-corrected chi connectivity index (χ0v) is 12.7. The summed E-state index contributed by atoms with van der Waals surface area (Å²) in [4.78, 5) is 21.7. The van der Waals surface area contributed by atoms with Crippen molar-refractivity contribution in [2.45, 2.75) is 12.8 Å². The van der Waals surface area contributed by atoms with Crippen LogP contribution in [0.5, 0.6) is 0 Å². The molecule has 21 heavy (non-hydrogen) atoms. The zero-order valence-electron chi connectivity index (χ0n) is 11.1. The maximum atomic E-state index is 11.8. The summed E-state index contributed by atoms with van der Waals surface area (Å²) in [5.74, 6) is -2.06. The third kappa shape index (κ3) is 5.60. The summed E-state index contributed by atoms with van der Waals surface area (Å²) in [6.45, 7) is 0. The number of carbonyl (C=O) groups is 2. The van der Waals surface area contributed by atoms with Crippen LogP contribution in [0, 0.1) is 0 Å². The van der Waals surface area contributed by atoms with Crippen molar-refractivity contribution < 1.29 is 27.9 Å². The van der Waals surface area contributed by atoms with Gasteiger partial charge in [0.2, 0.25) is 10.0 Å². The lowest BCUT2D eigenvalue weighted by atomic mass is 10.2. The van der Waals surface area contributed by atoms with Crippen molar-refractivity contribution >= 4 is 39.3 Å². The van der Waals surface area contributed by atoms with Crippen LogP contribution in [0.3, 0.4) is 0 Å². The van der Waals surface area contributed by atoms with Gasteiger partial charge in [0.1, 0.15) is 0 Å². The van der Waals surface area contributed by atoms with Crippen molar-refractivity contribution in [3.05, 3.63) is 28.8 Å². The summed E-state index contributed by atoms with van der Waals surface area (Å²) in [7, 11) is -2.55. The Balaban J connectivity index is 2.86. The Morgan fingerprint density at radius 2 is 2.05 bits per heavy atom. The molecule has 0 saturated heterocycles. The van der Waals surface area contributed by atoms with Gasteiger partial charge in [0.05, 0.1) is 29.1 Å². The van der Waals surface area contributed by atoms with Crippen LogP contribution < -0.4 is 4.72 Å². The molecule has 0 aliphatic heterocycles. The van der Waals surface area contributed by atoms with E-state index in [9.17, 15) is 18.0 Å². The summed E-state index contributed by atoms with van der Waals surface area (Å²) >= 11 is 5.86. The quantitative estimate of drug-likeness (QED) is 0.734. The van der Waals surface area contributed by atoms with Gasteiger partial charge in [-0.25, -0.2) is 13.2 Å². The largest absolute Gasteiger partial charge is 0.481 e. The van der Waals surface area contributed by atoms with Gasteiger partial charge in [-0.1, -0.05) is 11.6 Å². The van der Waals surface area contributed by atoms with Crippen molar-refractivity contribution in [3.63, 3.8) is 0 Å². The molecule has 0 amide bonds. The van der Waals surface area contributed by atoms with Gasteiger partial charge in [0.15, 0.2) is 0 Å². The Labute approximate surface area is 126 Å². The molecule has 0 aliphatic rings. The monoisotopic (exact) mass is 335 g/mol. The van der Waals surface area contributed by atoms with Gasteiger partial charge >= 0.3 is 11.9 Å². The van der Waals surface area contributed by atoms with Crippen LogP contribution in [0.2, 0.25) is 5.02 Å². The highest BCUT2D eigenvalue weighted by molar-refractivity contribution is 7.92. The second-order valence-electron chi connectivity index (χ2n) is 4.10. The van der Waals surface area contributed by atoms with Gasteiger partial charge < -0.3 is 9.84 Å². The maximum absolute atomic E-state index is 11.8. The molecule has 0 bridgehead atoms. The molecular formula is C12H14ClNO6S. The smallest absolute Gasteiger partial charge is 0.337 e. The summed E-state index contributed by atoms with van der Waals surface area (Å²) in [6.07, 6.45) is -0.282. The first kappa shape index (κ1) is 17.3. The molecule has 0 aliphatic carbocycles. The number of benzene rings is 1. The SMILES string of the molecule is COC(=O)c1ccc(Cl)c(NS(=O)(=O)CCCC(=O)O)c1. The number of rotatable bonds is 7. The zero-order chi connectivity index (χ0) is 16.0. The van der Waals surface area contributed by atoms with Crippen LogP contribution in [-0.2, 0) is 19.6 Å². The molecule has 116 valence electrons. The molecule has 1 rings (SSSR count). The number of hydrogen-bond donors (Lipinski definition) is 2. The predicted octanol–water partition coefficient (Wildman–Crippen LogP) is 1.73. The lowest BCUT2D eigenvalue weighted by molar-refractivity contribution is -0.137. The highest BCUT2D eigenvalue weighted by atomic mass is 35.5. The topological polar surface area (TPSA) is 110 Å². The number of hydrogen-bond acceptors (Lipinski definition) is 5. The molecule has 2 N–H and O–H groups in total. The molecule has 0 fully saturated rings. The van der Waals surface area contributed by atoms with E-state index in [1.165, 1.54) is 25.3 Å². The summed E-state index contributed by atoms with van der Waals surface area (Å²) in [6, 6.07) is 4.02. The van der Waals surface area contributed by atoms with Crippen molar-refractivity contribution in [2.75, 3.05) is 17.6 Å². The average molecular weight is 336 g/mol. The molecule has 1 aromatic rings. The Kier molecular flexibility index (Phi) is 5.98. The van der Waals surface area contributed by atoms with Crippen molar-refractivity contribution in [1.82, 2.24) is 0 Å². The Morgan fingerprint density at radius 1 is 1.38 bits per heavy atom. The van der Waals surface area contributed by atoms with E-state index in [0.29, 0.717) is 0 Å². The molecule has 0 saturated carbocycles. The molecule has 0 heterocycles. The standard InChI is InChI=1S/C12H14ClNO6S/c1-20-12(17)8-4-5-9(13)10(7-8)14-21(18,19)6-2-3-11(15)16/h4-5,7,14H,2-3,6H2,1H3,(H,15,16). The van der Waals surface area contributed by atoms with Crippen molar-refractivity contribution in [2.24, 2.45) is 0 Å². The molecule has 9 heteroatoms. The molecule has 0 aromatic heterocycles. The molecule has 0 unspecified atom stereocenters. The van der Waals surface area contributed by atoms with E-state index in [4.69, 9.17) is 16.7 Å². The number of sulfonamides is 1. The summed E-state index contributed by atoms with van der Waals surface area (Å²) < 4.78 is 30.4. The number of carboxylic acids is 1. The third-order valence-electron chi connectivity index (χ3n) is 2.46. The number of anilines is 1. The number of esters is 1. The first-order valence-corrected chi connectivity index (χ1v) is 7.88. The average Bonchev–Trinajstić information content (AvgIpc) is 2.39. The fourth-order valence-electron chi connectivity index (χ4n) is 1.48. The minimum atomic E-state index is -3.75. The van der Waals surface area contributed by atoms with E-state index < -0.39 is 22.0 Å². The number of carbonyl (C=O) groups excluding carboxylic acids is 1. The van der Waals surface area contributed by atoms with Crippen LogP contribution in [0.4, 0.5) is 5.69 Å². The minimum Gasteiger partial charge on any atom is -0.481 e. The normalized spacial score (nSPS) is 11.0. The number of ether oxygens (including phenoxy) is 1. The molecule has 0 radical (unpaired) electrons. The minimum absolute atomic E-state index is 0.0288. The molecule has 1 aromatic carbocycles. The lowest BCUT2D eigenvalue weighted by Gasteiger charge is -2.10. The second-order valence-corrected chi connectivity index (χ2v) is 6.35. The Hall–Kier alpha value is -1.80. The van der Waals surface area contributed by atoms with Crippen LogP contribution in [-0.4, -0.2) is 38.3 Å². The fraction of sp³-hybridized carbons (Fsp3) is 0.333. The first-order valence-electron chi connectivity index (χ1n) is 5.85. The van der Waals surface area contributed by atoms with E-state index in [0.717, 1.165) is 0 Å². The number of carboxylic acid groups (broad SMARTS) is 1. The van der Waals surface area contributed by atoms with E-state index in [1.54, 1.807) is 0 Å². The maximum Gasteiger partial charge on any atom is 0.337 e. The van der Waals surface area contributed by atoms with Gasteiger partial charge in [0.25, 0.3) is 0 Å². The fourth-order valence-corrected chi connectivity index (χ4v) is 2.83. The van der Waals surface area contributed by atoms with E-state index in [-0.39, 0.29) is 34.9 Å².